The van der Waals surface area contributed by atoms with Crippen LogP contribution in [-0.4, -0.2) is 30.6 Å². The molecule has 2 aromatic rings. The van der Waals surface area contributed by atoms with Gasteiger partial charge in [0.05, 0.1) is 0 Å². The third-order valence-electron chi connectivity index (χ3n) is 4.64. The van der Waals surface area contributed by atoms with E-state index in [-0.39, 0.29) is 0 Å². The number of fused-ring (bicyclic) bond motifs is 1. The molecule has 2 aromatic carbocycles. The molecule has 0 spiro atoms. The van der Waals surface area contributed by atoms with Crippen LogP contribution in [-0.2, 0) is 12.0 Å². The van der Waals surface area contributed by atoms with Gasteiger partial charge in [-0.05, 0) is 55.6 Å². The number of nitrogens with zero attached hydrogens (tertiary/aromatic N) is 1. The molecule has 1 atom stereocenters. The zero-order valence-corrected chi connectivity index (χ0v) is 14.0. The molecular formula is C21H25NO. The Morgan fingerprint density at radius 2 is 1.78 bits per heavy atom. The Balaban J connectivity index is 2.12. The van der Waals surface area contributed by atoms with Gasteiger partial charge in [-0.15, -0.1) is 0 Å². The Morgan fingerprint density at radius 3 is 2.52 bits per heavy atom. The summed E-state index contributed by atoms with van der Waals surface area (Å²) in [5.74, 6) is 0. The summed E-state index contributed by atoms with van der Waals surface area (Å²) in [6.45, 7) is 0.814. The largest absolute Gasteiger partial charge is 0.380 e. The lowest BCUT2D eigenvalue weighted by molar-refractivity contribution is 0.0805. The lowest BCUT2D eigenvalue weighted by Gasteiger charge is -2.37. The summed E-state index contributed by atoms with van der Waals surface area (Å²) in [6, 6.07) is 18.6. The lowest BCUT2D eigenvalue weighted by atomic mass is 9.72. The predicted molar refractivity (Wildman–Crippen MR) is 96.2 cm³/mol. The molecule has 1 N–H and O–H groups in total. The van der Waals surface area contributed by atoms with Crippen molar-refractivity contribution in [3.63, 3.8) is 0 Å². The highest BCUT2D eigenvalue weighted by molar-refractivity contribution is 5.75. The van der Waals surface area contributed by atoms with Crippen LogP contribution < -0.4 is 0 Å². The van der Waals surface area contributed by atoms with E-state index in [1.165, 1.54) is 5.56 Å². The molecule has 0 fully saturated rings. The van der Waals surface area contributed by atoms with Crippen molar-refractivity contribution in [1.29, 1.82) is 0 Å². The second-order valence-corrected chi connectivity index (χ2v) is 6.62. The maximum Gasteiger partial charge on any atom is 0.115 e. The van der Waals surface area contributed by atoms with E-state index in [2.05, 4.69) is 55.4 Å². The molecule has 0 bridgehead atoms. The first-order chi connectivity index (χ1) is 11.1. The quantitative estimate of drug-likeness (QED) is 0.927. The second-order valence-electron chi connectivity index (χ2n) is 6.62. The van der Waals surface area contributed by atoms with Gasteiger partial charge in [-0.3, -0.25) is 0 Å². The molecule has 2 heteroatoms. The van der Waals surface area contributed by atoms with Crippen molar-refractivity contribution in [2.24, 2.45) is 0 Å². The average Bonchev–Trinajstić information content (AvgIpc) is 2.56. The molecule has 0 saturated carbocycles. The maximum atomic E-state index is 11.7. The second kappa shape index (κ2) is 6.69. The normalized spacial score (nSPS) is 21.3. The molecule has 0 aliphatic heterocycles. The zero-order valence-electron chi connectivity index (χ0n) is 14.0. The average molecular weight is 307 g/mol. The Morgan fingerprint density at radius 1 is 1.09 bits per heavy atom. The monoisotopic (exact) mass is 307 g/mol. The number of hydrogen-bond acceptors (Lipinski definition) is 2. The molecule has 1 aliphatic carbocycles. The van der Waals surface area contributed by atoms with E-state index >= 15 is 0 Å². The molecule has 0 saturated heterocycles. The van der Waals surface area contributed by atoms with E-state index in [1.54, 1.807) is 0 Å². The number of rotatable bonds is 4. The molecule has 1 aliphatic rings. The van der Waals surface area contributed by atoms with E-state index in [1.807, 2.05) is 24.3 Å². The van der Waals surface area contributed by atoms with Crippen molar-refractivity contribution in [2.75, 3.05) is 20.6 Å². The highest BCUT2D eigenvalue weighted by Crippen LogP contribution is 2.44. The Labute approximate surface area is 139 Å². The number of likely N-dealkylation sites (N-methyl/N-ethyl adjacent to an activating group) is 1. The van der Waals surface area contributed by atoms with Gasteiger partial charge in [-0.25, -0.2) is 0 Å². The van der Waals surface area contributed by atoms with Crippen LogP contribution in [0, 0.1) is 0 Å². The molecule has 0 heterocycles. The summed E-state index contributed by atoms with van der Waals surface area (Å²) >= 11 is 0. The van der Waals surface area contributed by atoms with Gasteiger partial charge < -0.3 is 10.0 Å². The molecule has 0 amide bonds. The molecule has 23 heavy (non-hydrogen) atoms. The summed E-state index contributed by atoms with van der Waals surface area (Å²) < 4.78 is 0. The van der Waals surface area contributed by atoms with E-state index in [0.717, 1.165) is 42.5 Å². The van der Waals surface area contributed by atoms with Crippen molar-refractivity contribution in [3.8, 4) is 0 Å². The third-order valence-corrected chi connectivity index (χ3v) is 4.64. The highest BCUT2D eigenvalue weighted by Gasteiger charge is 2.38. The number of aliphatic hydroxyl groups is 1. The SMILES string of the molecule is CN(C)CC=C(c1ccccc1)C1(O)CCCc2ccccc21. The van der Waals surface area contributed by atoms with Crippen molar-refractivity contribution >= 4 is 5.57 Å². The molecule has 3 rings (SSSR count). The standard InChI is InChI=1S/C21H25NO/c1-22(2)16-14-20(17-9-4-3-5-10-17)21(23)15-8-12-18-11-6-7-13-19(18)21/h3-7,9-11,13-14,23H,8,12,15-16H2,1-2H3. The minimum Gasteiger partial charge on any atom is -0.380 e. The first kappa shape index (κ1) is 16.0. The van der Waals surface area contributed by atoms with Gasteiger partial charge in [0.1, 0.15) is 5.60 Å². The Bertz CT molecular complexity index is 690. The first-order valence-corrected chi connectivity index (χ1v) is 8.33. The topological polar surface area (TPSA) is 23.5 Å². The van der Waals surface area contributed by atoms with Crippen LogP contribution in [0.2, 0.25) is 0 Å². The van der Waals surface area contributed by atoms with Gasteiger partial charge in [0.15, 0.2) is 0 Å². The van der Waals surface area contributed by atoms with E-state index in [9.17, 15) is 5.11 Å². The van der Waals surface area contributed by atoms with E-state index in [4.69, 9.17) is 0 Å². The van der Waals surface area contributed by atoms with Gasteiger partial charge in [0, 0.05) is 6.54 Å². The first-order valence-electron chi connectivity index (χ1n) is 8.33. The van der Waals surface area contributed by atoms with Crippen LogP contribution in [0.25, 0.3) is 5.57 Å². The molecule has 1 unspecified atom stereocenters. The molecule has 2 nitrogen and oxygen atoms in total. The summed E-state index contributed by atoms with van der Waals surface area (Å²) in [5, 5.41) is 11.7. The number of hydrogen-bond donors (Lipinski definition) is 1. The summed E-state index contributed by atoms with van der Waals surface area (Å²) in [6.07, 6.45) is 5.02. The van der Waals surface area contributed by atoms with Crippen LogP contribution in [0.3, 0.4) is 0 Å². The predicted octanol–water partition coefficient (Wildman–Crippen LogP) is 3.86. The van der Waals surface area contributed by atoms with Crippen molar-refractivity contribution < 1.29 is 5.11 Å². The van der Waals surface area contributed by atoms with Crippen LogP contribution in [0.5, 0.6) is 0 Å². The minimum atomic E-state index is -0.897. The number of aryl methyl sites for hydroxylation is 1. The van der Waals surface area contributed by atoms with Gasteiger partial charge in [-0.2, -0.15) is 0 Å². The van der Waals surface area contributed by atoms with Crippen molar-refractivity contribution in [3.05, 3.63) is 77.4 Å². The van der Waals surface area contributed by atoms with Gasteiger partial charge >= 0.3 is 0 Å². The van der Waals surface area contributed by atoms with Crippen LogP contribution in [0.15, 0.2) is 60.7 Å². The fraction of sp³-hybridized carbons (Fsp3) is 0.333. The fourth-order valence-electron chi connectivity index (χ4n) is 3.51. The zero-order chi connectivity index (χ0) is 16.3. The van der Waals surface area contributed by atoms with E-state index in [0.29, 0.717) is 0 Å². The van der Waals surface area contributed by atoms with Crippen LogP contribution >= 0.6 is 0 Å². The summed E-state index contributed by atoms with van der Waals surface area (Å²) in [5.41, 5.74) is 3.58. The Kier molecular flexibility index (Phi) is 4.65. The fourth-order valence-corrected chi connectivity index (χ4v) is 3.51. The molecule has 0 aromatic heterocycles. The van der Waals surface area contributed by atoms with E-state index < -0.39 is 5.60 Å². The molecule has 0 radical (unpaired) electrons. The Hall–Kier alpha value is -1.90. The van der Waals surface area contributed by atoms with Gasteiger partial charge in [0.2, 0.25) is 0 Å². The highest BCUT2D eigenvalue weighted by atomic mass is 16.3. The minimum absolute atomic E-state index is 0.776. The smallest absolute Gasteiger partial charge is 0.115 e. The van der Waals surface area contributed by atoms with Gasteiger partial charge in [0.25, 0.3) is 0 Å². The summed E-state index contributed by atoms with van der Waals surface area (Å²) in [7, 11) is 4.11. The summed E-state index contributed by atoms with van der Waals surface area (Å²) in [4.78, 5) is 2.13. The maximum absolute atomic E-state index is 11.7. The van der Waals surface area contributed by atoms with Gasteiger partial charge in [-0.1, -0.05) is 60.7 Å². The van der Waals surface area contributed by atoms with Crippen LogP contribution in [0.1, 0.15) is 29.5 Å². The van der Waals surface area contributed by atoms with Crippen LogP contribution in [0.4, 0.5) is 0 Å². The third kappa shape index (κ3) is 3.24. The number of benzene rings is 2. The molecular weight excluding hydrogens is 282 g/mol. The van der Waals surface area contributed by atoms with Crippen molar-refractivity contribution in [1.82, 2.24) is 4.90 Å². The lowest BCUT2D eigenvalue weighted by Crippen LogP contribution is -2.32. The van der Waals surface area contributed by atoms with Crippen molar-refractivity contribution in [2.45, 2.75) is 24.9 Å². The molecule has 120 valence electrons.